The monoisotopic (exact) mass is 376 g/mol. The number of hydrogen-bond acceptors (Lipinski definition) is 5. The van der Waals surface area contributed by atoms with E-state index >= 15 is 0 Å². The Balaban J connectivity index is 1.51. The molecule has 1 aromatic rings. The number of amides is 3. The number of hydrogen-bond donors (Lipinski definition) is 1. The molecule has 1 aromatic carbocycles. The summed E-state index contributed by atoms with van der Waals surface area (Å²) in [5.74, 6) is 0.562. The zero-order chi connectivity index (χ0) is 19.2. The van der Waals surface area contributed by atoms with Crippen molar-refractivity contribution >= 4 is 17.6 Å². The quantitative estimate of drug-likeness (QED) is 0.852. The molecule has 0 spiro atoms. The zero-order valence-electron chi connectivity index (χ0n) is 16.0. The number of carbonyl (C=O) groups is 2. The maximum absolute atomic E-state index is 12.6. The van der Waals surface area contributed by atoms with Crippen molar-refractivity contribution in [3.63, 3.8) is 0 Å². The second-order valence-electron chi connectivity index (χ2n) is 6.77. The predicted octanol–water partition coefficient (Wildman–Crippen LogP) is 1.09. The van der Waals surface area contributed by atoms with Crippen molar-refractivity contribution in [2.45, 2.75) is 13.0 Å². The molecule has 0 radical (unpaired) electrons. The average molecular weight is 376 g/mol. The summed E-state index contributed by atoms with van der Waals surface area (Å²) < 4.78 is 10.6. The first-order valence-electron chi connectivity index (χ1n) is 9.39. The molecule has 0 aromatic heterocycles. The lowest BCUT2D eigenvalue weighted by molar-refractivity contribution is -0.121. The number of carbonyl (C=O) groups excluding carboxylic acids is 2. The van der Waals surface area contributed by atoms with Crippen molar-refractivity contribution in [3.05, 3.63) is 24.3 Å². The highest BCUT2D eigenvalue weighted by Crippen LogP contribution is 2.23. The number of methoxy groups -OCH3 is 1. The van der Waals surface area contributed by atoms with E-state index in [-0.39, 0.29) is 18.0 Å². The number of piperazine rings is 1. The van der Waals surface area contributed by atoms with Crippen molar-refractivity contribution in [2.75, 3.05) is 64.9 Å². The van der Waals surface area contributed by atoms with Gasteiger partial charge in [-0.15, -0.1) is 0 Å². The summed E-state index contributed by atoms with van der Waals surface area (Å²) in [6.07, 6.45) is 0. The molecule has 2 aliphatic rings. The number of urea groups is 1. The average Bonchev–Trinajstić information content (AvgIpc) is 2.73. The van der Waals surface area contributed by atoms with Crippen molar-refractivity contribution in [1.82, 2.24) is 14.7 Å². The normalized spacial score (nSPS) is 19.5. The van der Waals surface area contributed by atoms with Gasteiger partial charge in [-0.1, -0.05) is 12.1 Å². The van der Waals surface area contributed by atoms with Gasteiger partial charge in [-0.2, -0.15) is 0 Å². The molecule has 27 heavy (non-hydrogen) atoms. The minimum absolute atomic E-state index is 0.0732. The van der Waals surface area contributed by atoms with E-state index in [2.05, 4.69) is 10.2 Å². The number of anilines is 1. The van der Waals surface area contributed by atoms with Gasteiger partial charge >= 0.3 is 6.03 Å². The summed E-state index contributed by atoms with van der Waals surface area (Å²) in [4.78, 5) is 31.0. The Labute approximate surface area is 160 Å². The van der Waals surface area contributed by atoms with Crippen molar-refractivity contribution in [2.24, 2.45) is 0 Å². The first-order chi connectivity index (χ1) is 13.1. The summed E-state index contributed by atoms with van der Waals surface area (Å²) in [6, 6.07) is 7.15. The highest BCUT2D eigenvalue weighted by molar-refractivity contribution is 5.95. The fourth-order valence-corrected chi connectivity index (χ4v) is 3.41. The summed E-state index contributed by atoms with van der Waals surface area (Å²) >= 11 is 0. The van der Waals surface area contributed by atoms with Crippen LogP contribution in [-0.4, -0.2) is 92.3 Å². The molecule has 2 aliphatic heterocycles. The van der Waals surface area contributed by atoms with E-state index in [9.17, 15) is 9.59 Å². The third kappa shape index (κ3) is 4.70. The van der Waals surface area contributed by atoms with Crippen molar-refractivity contribution in [3.8, 4) is 5.75 Å². The SMILES string of the molecule is COc1ccccc1NC(=O)[C@H](C)N1CCN(C(=O)N2CCOCC2)CC1. The van der Waals surface area contributed by atoms with Crippen LogP contribution in [0.25, 0.3) is 0 Å². The van der Waals surface area contributed by atoms with E-state index in [0.717, 1.165) is 0 Å². The zero-order valence-corrected chi connectivity index (χ0v) is 16.0. The van der Waals surface area contributed by atoms with E-state index in [4.69, 9.17) is 9.47 Å². The van der Waals surface area contributed by atoms with Gasteiger partial charge in [0.2, 0.25) is 5.91 Å². The number of rotatable bonds is 4. The van der Waals surface area contributed by atoms with E-state index in [1.54, 1.807) is 7.11 Å². The van der Waals surface area contributed by atoms with Crippen LogP contribution in [0, 0.1) is 0 Å². The van der Waals surface area contributed by atoms with Gasteiger partial charge in [0.05, 0.1) is 32.1 Å². The number of nitrogens with one attached hydrogen (secondary N) is 1. The molecule has 8 nitrogen and oxygen atoms in total. The fraction of sp³-hybridized carbons (Fsp3) is 0.579. The topological polar surface area (TPSA) is 74.4 Å². The highest BCUT2D eigenvalue weighted by Gasteiger charge is 2.30. The maximum atomic E-state index is 12.6. The molecule has 0 aliphatic carbocycles. The molecular formula is C19H28N4O4. The summed E-state index contributed by atoms with van der Waals surface area (Å²) in [5.41, 5.74) is 0.665. The lowest BCUT2D eigenvalue weighted by Gasteiger charge is -2.40. The first-order valence-corrected chi connectivity index (χ1v) is 9.39. The Kier molecular flexibility index (Phi) is 6.52. The third-order valence-electron chi connectivity index (χ3n) is 5.16. The Morgan fingerprint density at radius 1 is 1.04 bits per heavy atom. The number of para-hydroxylation sites is 2. The van der Waals surface area contributed by atoms with Crippen molar-refractivity contribution < 1.29 is 19.1 Å². The third-order valence-corrected chi connectivity index (χ3v) is 5.16. The Morgan fingerprint density at radius 2 is 1.67 bits per heavy atom. The lowest BCUT2D eigenvalue weighted by Crippen LogP contribution is -2.57. The summed E-state index contributed by atoms with van der Waals surface area (Å²) in [6.45, 7) is 7.01. The molecule has 148 valence electrons. The van der Waals surface area contributed by atoms with Crippen LogP contribution >= 0.6 is 0 Å². The molecule has 3 amide bonds. The molecule has 2 saturated heterocycles. The van der Waals surface area contributed by atoms with E-state index in [1.165, 1.54) is 0 Å². The molecule has 2 fully saturated rings. The fourth-order valence-electron chi connectivity index (χ4n) is 3.41. The van der Waals surface area contributed by atoms with E-state index < -0.39 is 0 Å². The van der Waals surface area contributed by atoms with Crippen LogP contribution in [0.4, 0.5) is 10.5 Å². The van der Waals surface area contributed by atoms with Gasteiger partial charge in [0.15, 0.2) is 0 Å². The van der Waals surface area contributed by atoms with Gasteiger partial charge in [-0.3, -0.25) is 9.69 Å². The molecule has 1 atom stereocenters. The largest absolute Gasteiger partial charge is 0.495 e. The van der Waals surface area contributed by atoms with Gasteiger partial charge in [-0.25, -0.2) is 4.79 Å². The number of nitrogens with zero attached hydrogens (tertiary/aromatic N) is 3. The minimum Gasteiger partial charge on any atom is -0.495 e. The van der Waals surface area contributed by atoms with Gasteiger partial charge in [0.25, 0.3) is 0 Å². The molecule has 1 N–H and O–H groups in total. The second kappa shape index (κ2) is 9.05. The van der Waals surface area contributed by atoms with E-state index in [0.29, 0.717) is 63.9 Å². The molecule has 0 bridgehead atoms. The molecule has 0 saturated carbocycles. The van der Waals surface area contributed by atoms with Crippen LogP contribution in [0.1, 0.15) is 6.92 Å². The highest BCUT2D eigenvalue weighted by atomic mass is 16.5. The van der Waals surface area contributed by atoms with Gasteiger partial charge in [0, 0.05) is 39.3 Å². The van der Waals surface area contributed by atoms with Gasteiger partial charge < -0.3 is 24.6 Å². The Bertz CT molecular complexity index is 655. The maximum Gasteiger partial charge on any atom is 0.320 e. The number of benzene rings is 1. The van der Waals surface area contributed by atoms with Crippen LogP contribution < -0.4 is 10.1 Å². The van der Waals surface area contributed by atoms with Crippen LogP contribution in [-0.2, 0) is 9.53 Å². The Morgan fingerprint density at radius 3 is 2.33 bits per heavy atom. The van der Waals surface area contributed by atoms with Gasteiger partial charge in [-0.05, 0) is 19.1 Å². The molecule has 2 heterocycles. The molecular weight excluding hydrogens is 348 g/mol. The first kappa shape index (κ1) is 19.4. The lowest BCUT2D eigenvalue weighted by atomic mass is 10.2. The standard InChI is InChI=1S/C19H28N4O4/c1-15(18(24)20-16-5-3-4-6-17(16)26-2)21-7-9-22(10-8-21)19(25)23-11-13-27-14-12-23/h3-6,15H,7-14H2,1-2H3,(H,20,24)/t15-/m0/s1. The molecule has 8 heteroatoms. The van der Waals surface area contributed by atoms with Gasteiger partial charge in [0.1, 0.15) is 5.75 Å². The van der Waals surface area contributed by atoms with Crippen molar-refractivity contribution in [1.29, 1.82) is 0 Å². The van der Waals surface area contributed by atoms with E-state index in [1.807, 2.05) is 41.0 Å². The van der Waals surface area contributed by atoms with Crippen LogP contribution in [0.5, 0.6) is 5.75 Å². The second-order valence-corrected chi connectivity index (χ2v) is 6.77. The molecule has 0 unspecified atom stereocenters. The molecule has 3 rings (SSSR count). The van der Waals surface area contributed by atoms with Crippen LogP contribution in [0.15, 0.2) is 24.3 Å². The Hall–Kier alpha value is -2.32. The number of morpholine rings is 1. The van der Waals surface area contributed by atoms with Crippen LogP contribution in [0.2, 0.25) is 0 Å². The summed E-state index contributed by atoms with van der Waals surface area (Å²) in [5, 5.41) is 2.94. The van der Waals surface area contributed by atoms with Crippen LogP contribution in [0.3, 0.4) is 0 Å². The smallest absolute Gasteiger partial charge is 0.320 e. The minimum atomic E-state index is -0.282. The number of ether oxygens (including phenoxy) is 2. The predicted molar refractivity (Wildman–Crippen MR) is 102 cm³/mol. The summed E-state index contributed by atoms with van der Waals surface area (Å²) in [7, 11) is 1.58.